The van der Waals surface area contributed by atoms with E-state index < -0.39 is 0 Å². The SMILES string of the molecule is CN1CCN(Cc2nnc3cccc(Cl)n23)CC1. The molecule has 0 aromatic carbocycles. The van der Waals surface area contributed by atoms with Crippen LogP contribution in [0.5, 0.6) is 0 Å². The zero-order valence-corrected chi connectivity index (χ0v) is 11.1. The molecule has 2 aromatic rings. The minimum Gasteiger partial charge on any atom is -0.304 e. The lowest BCUT2D eigenvalue weighted by Gasteiger charge is -2.31. The number of hydrogen-bond acceptors (Lipinski definition) is 4. The minimum absolute atomic E-state index is 0.668. The van der Waals surface area contributed by atoms with Crippen molar-refractivity contribution in [3.63, 3.8) is 0 Å². The highest BCUT2D eigenvalue weighted by Crippen LogP contribution is 2.15. The fraction of sp³-hybridized carbons (Fsp3) is 0.500. The molecular weight excluding hydrogens is 250 g/mol. The quantitative estimate of drug-likeness (QED) is 0.763. The second-order valence-electron chi connectivity index (χ2n) is 4.74. The van der Waals surface area contributed by atoms with Gasteiger partial charge in [-0.3, -0.25) is 9.30 Å². The molecule has 0 saturated carbocycles. The molecule has 0 atom stereocenters. The Morgan fingerprint density at radius 3 is 2.72 bits per heavy atom. The average Bonchev–Trinajstić information content (AvgIpc) is 2.77. The van der Waals surface area contributed by atoms with E-state index in [0.29, 0.717) is 5.15 Å². The maximum absolute atomic E-state index is 6.20. The first kappa shape index (κ1) is 11.9. The predicted octanol–water partition coefficient (Wildman–Crippen LogP) is 1.13. The molecule has 5 nitrogen and oxygen atoms in total. The summed E-state index contributed by atoms with van der Waals surface area (Å²) in [4.78, 5) is 4.73. The fourth-order valence-electron chi connectivity index (χ4n) is 2.27. The molecule has 6 heteroatoms. The number of aromatic nitrogens is 3. The van der Waals surface area contributed by atoms with Gasteiger partial charge in [-0.2, -0.15) is 0 Å². The van der Waals surface area contributed by atoms with Crippen LogP contribution in [0.1, 0.15) is 5.82 Å². The van der Waals surface area contributed by atoms with E-state index in [-0.39, 0.29) is 0 Å². The van der Waals surface area contributed by atoms with Crippen LogP contribution in [0.25, 0.3) is 5.65 Å². The van der Waals surface area contributed by atoms with Gasteiger partial charge in [-0.05, 0) is 19.2 Å². The lowest BCUT2D eigenvalue weighted by Crippen LogP contribution is -2.44. The molecule has 0 bridgehead atoms. The Morgan fingerprint density at radius 1 is 1.17 bits per heavy atom. The molecule has 18 heavy (non-hydrogen) atoms. The van der Waals surface area contributed by atoms with Gasteiger partial charge in [0.05, 0.1) is 6.54 Å². The van der Waals surface area contributed by atoms with E-state index in [2.05, 4.69) is 27.0 Å². The lowest BCUT2D eigenvalue weighted by atomic mass is 10.3. The number of pyridine rings is 1. The lowest BCUT2D eigenvalue weighted by molar-refractivity contribution is 0.145. The number of nitrogens with zero attached hydrogens (tertiary/aromatic N) is 5. The van der Waals surface area contributed by atoms with Crippen LogP contribution in [-0.4, -0.2) is 57.6 Å². The van der Waals surface area contributed by atoms with Crippen molar-refractivity contribution >= 4 is 17.2 Å². The number of halogens is 1. The van der Waals surface area contributed by atoms with Crippen LogP contribution in [0.4, 0.5) is 0 Å². The van der Waals surface area contributed by atoms with Crippen molar-refractivity contribution in [3.05, 3.63) is 29.2 Å². The van der Waals surface area contributed by atoms with Crippen LogP contribution in [-0.2, 0) is 6.54 Å². The van der Waals surface area contributed by atoms with Gasteiger partial charge >= 0.3 is 0 Å². The van der Waals surface area contributed by atoms with Crippen molar-refractivity contribution in [1.29, 1.82) is 0 Å². The molecule has 0 N–H and O–H groups in total. The molecule has 1 aliphatic heterocycles. The summed E-state index contributed by atoms with van der Waals surface area (Å²) in [6.07, 6.45) is 0. The van der Waals surface area contributed by atoms with E-state index in [1.165, 1.54) is 0 Å². The molecular formula is C12H16ClN5. The van der Waals surface area contributed by atoms with Gasteiger partial charge in [-0.25, -0.2) is 0 Å². The number of piperazine rings is 1. The molecule has 0 unspecified atom stereocenters. The largest absolute Gasteiger partial charge is 0.304 e. The summed E-state index contributed by atoms with van der Waals surface area (Å²) < 4.78 is 1.92. The van der Waals surface area contributed by atoms with Gasteiger partial charge in [0.15, 0.2) is 11.5 Å². The Balaban J connectivity index is 1.82. The Kier molecular flexibility index (Phi) is 3.20. The van der Waals surface area contributed by atoms with E-state index in [4.69, 9.17) is 11.6 Å². The number of likely N-dealkylation sites (N-methyl/N-ethyl adjacent to an activating group) is 1. The molecule has 1 aliphatic rings. The van der Waals surface area contributed by atoms with E-state index in [1.54, 1.807) is 0 Å². The van der Waals surface area contributed by atoms with Crippen LogP contribution in [0.15, 0.2) is 18.2 Å². The summed E-state index contributed by atoms with van der Waals surface area (Å²) in [5.74, 6) is 0.917. The predicted molar refractivity (Wildman–Crippen MR) is 70.8 cm³/mol. The Hall–Kier alpha value is -1.17. The first-order valence-electron chi connectivity index (χ1n) is 6.13. The van der Waals surface area contributed by atoms with Crippen molar-refractivity contribution in [2.45, 2.75) is 6.54 Å². The van der Waals surface area contributed by atoms with Crippen molar-refractivity contribution in [1.82, 2.24) is 24.4 Å². The second-order valence-corrected chi connectivity index (χ2v) is 5.13. The van der Waals surface area contributed by atoms with Gasteiger partial charge in [0, 0.05) is 26.2 Å². The first-order chi connectivity index (χ1) is 8.74. The molecule has 96 valence electrons. The van der Waals surface area contributed by atoms with E-state index >= 15 is 0 Å². The Bertz CT molecular complexity index is 544. The van der Waals surface area contributed by atoms with Gasteiger partial charge in [0.25, 0.3) is 0 Å². The summed E-state index contributed by atoms with van der Waals surface area (Å²) in [6.45, 7) is 5.14. The summed E-state index contributed by atoms with van der Waals surface area (Å²) in [5, 5.41) is 9.06. The zero-order valence-electron chi connectivity index (χ0n) is 10.4. The van der Waals surface area contributed by atoms with Crippen LogP contribution in [0, 0.1) is 0 Å². The minimum atomic E-state index is 0.668. The van der Waals surface area contributed by atoms with Crippen LogP contribution in [0.2, 0.25) is 5.15 Å². The third-order valence-electron chi connectivity index (χ3n) is 3.41. The Labute approximate surface area is 111 Å². The third-order valence-corrected chi connectivity index (χ3v) is 3.70. The molecule has 3 heterocycles. The number of fused-ring (bicyclic) bond motifs is 1. The molecule has 0 spiro atoms. The van der Waals surface area contributed by atoms with Crippen LogP contribution < -0.4 is 0 Å². The highest BCUT2D eigenvalue weighted by Gasteiger charge is 2.17. The molecule has 2 aromatic heterocycles. The first-order valence-corrected chi connectivity index (χ1v) is 6.51. The maximum atomic E-state index is 6.20. The van der Waals surface area contributed by atoms with E-state index in [1.807, 2.05) is 22.6 Å². The van der Waals surface area contributed by atoms with Gasteiger partial charge in [0.1, 0.15) is 5.15 Å². The van der Waals surface area contributed by atoms with Gasteiger partial charge < -0.3 is 4.90 Å². The average molecular weight is 266 g/mol. The maximum Gasteiger partial charge on any atom is 0.161 e. The van der Waals surface area contributed by atoms with Crippen molar-refractivity contribution in [2.75, 3.05) is 33.2 Å². The monoisotopic (exact) mass is 265 g/mol. The van der Waals surface area contributed by atoms with Crippen LogP contribution >= 0.6 is 11.6 Å². The number of hydrogen-bond donors (Lipinski definition) is 0. The van der Waals surface area contributed by atoms with E-state index in [9.17, 15) is 0 Å². The molecule has 1 saturated heterocycles. The molecule has 3 rings (SSSR count). The highest BCUT2D eigenvalue weighted by atomic mass is 35.5. The van der Waals surface area contributed by atoms with Gasteiger partial charge in [-0.1, -0.05) is 17.7 Å². The smallest absolute Gasteiger partial charge is 0.161 e. The van der Waals surface area contributed by atoms with Gasteiger partial charge in [0.2, 0.25) is 0 Å². The van der Waals surface area contributed by atoms with Gasteiger partial charge in [-0.15, -0.1) is 10.2 Å². The summed E-state index contributed by atoms with van der Waals surface area (Å²) in [7, 11) is 2.15. The van der Waals surface area contributed by atoms with Crippen molar-refractivity contribution in [3.8, 4) is 0 Å². The summed E-state index contributed by atoms with van der Waals surface area (Å²) >= 11 is 6.20. The van der Waals surface area contributed by atoms with Crippen LogP contribution in [0.3, 0.4) is 0 Å². The van der Waals surface area contributed by atoms with Crippen molar-refractivity contribution < 1.29 is 0 Å². The fourth-order valence-corrected chi connectivity index (χ4v) is 2.52. The third kappa shape index (κ3) is 2.21. The van der Waals surface area contributed by atoms with E-state index in [0.717, 1.165) is 44.2 Å². The molecule has 0 aliphatic carbocycles. The molecule has 0 amide bonds. The second kappa shape index (κ2) is 4.84. The summed E-state index contributed by atoms with van der Waals surface area (Å²) in [6, 6.07) is 5.68. The Morgan fingerprint density at radius 2 is 1.94 bits per heavy atom. The normalized spacial score (nSPS) is 18.6. The summed E-state index contributed by atoms with van der Waals surface area (Å²) in [5.41, 5.74) is 0.812. The standard InChI is InChI=1S/C12H16ClN5/c1-16-5-7-17(8-6-16)9-12-15-14-11-4-2-3-10(13)18(11)12/h2-4H,5-9H2,1H3. The molecule has 1 fully saturated rings. The number of rotatable bonds is 2. The topological polar surface area (TPSA) is 36.7 Å². The molecule has 0 radical (unpaired) electrons. The zero-order chi connectivity index (χ0) is 12.5. The highest BCUT2D eigenvalue weighted by molar-refractivity contribution is 6.29. The van der Waals surface area contributed by atoms with Crippen molar-refractivity contribution in [2.24, 2.45) is 0 Å².